The largest absolute Gasteiger partial charge is 0.265 e. The lowest BCUT2D eigenvalue weighted by molar-refractivity contribution is 0.700. The van der Waals surface area contributed by atoms with Gasteiger partial charge in [0.1, 0.15) is 10.7 Å². The van der Waals surface area contributed by atoms with E-state index in [0.717, 1.165) is 34.7 Å². The van der Waals surface area contributed by atoms with Gasteiger partial charge in [0.05, 0.1) is 5.39 Å². The van der Waals surface area contributed by atoms with Gasteiger partial charge in [0.15, 0.2) is 5.65 Å². The van der Waals surface area contributed by atoms with Crippen LogP contribution in [0.1, 0.15) is 23.3 Å². The predicted octanol–water partition coefficient (Wildman–Crippen LogP) is 3.94. The van der Waals surface area contributed by atoms with Crippen molar-refractivity contribution in [2.75, 3.05) is 0 Å². The zero-order chi connectivity index (χ0) is 15.4. The number of aryl methyl sites for hydroxylation is 2. The summed E-state index contributed by atoms with van der Waals surface area (Å²) in [6.07, 6.45) is 8.31. The van der Waals surface area contributed by atoms with E-state index in [9.17, 15) is 0 Å². The summed E-state index contributed by atoms with van der Waals surface area (Å²) in [4.78, 5) is 11.6. The zero-order valence-corrected chi connectivity index (χ0v) is 13.9. The summed E-state index contributed by atoms with van der Waals surface area (Å²) < 4.78 is 2.53. The maximum Gasteiger partial charge on any atom is 0.201 e. The molecule has 4 aromatic rings. The minimum absolute atomic E-state index is 0.581. The molecule has 5 rings (SSSR count). The van der Waals surface area contributed by atoms with E-state index in [1.54, 1.807) is 23.7 Å². The molecule has 0 aliphatic heterocycles. The average molecular weight is 339 g/mol. The molecular weight excluding hydrogens is 326 g/mol. The third kappa shape index (κ3) is 1.90. The van der Waals surface area contributed by atoms with Crippen LogP contribution in [0, 0.1) is 4.77 Å². The van der Waals surface area contributed by atoms with Gasteiger partial charge in [0.2, 0.25) is 4.77 Å². The normalized spacial score (nSPS) is 14.4. The van der Waals surface area contributed by atoms with Gasteiger partial charge >= 0.3 is 0 Å². The molecule has 0 saturated heterocycles. The Balaban J connectivity index is 1.95. The van der Waals surface area contributed by atoms with Crippen molar-refractivity contribution >= 4 is 39.4 Å². The lowest BCUT2D eigenvalue weighted by atomic mass is 9.97. The van der Waals surface area contributed by atoms with Crippen LogP contribution in [0.3, 0.4) is 0 Å². The van der Waals surface area contributed by atoms with Gasteiger partial charge in [-0.1, -0.05) is 0 Å². The van der Waals surface area contributed by atoms with E-state index < -0.39 is 0 Å². The first-order valence-electron chi connectivity index (χ1n) is 7.65. The van der Waals surface area contributed by atoms with Crippen molar-refractivity contribution in [1.29, 1.82) is 0 Å². The topological polar surface area (TPSA) is 58.9 Å². The van der Waals surface area contributed by atoms with Gasteiger partial charge in [-0.05, 0) is 55.6 Å². The standard InChI is InChI=1S/C16H13N5S2/c22-16-20-19-14-12-10-3-1-2-4-11(10)23-15(12)18-13(21(14)16)9-5-7-17-8-6-9/h5-8H,1-4H2,(H,20,22). The molecule has 0 atom stereocenters. The molecule has 0 spiro atoms. The van der Waals surface area contributed by atoms with Crippen LogP contribution in [-0.4, -0.2) is 24.6 Å². The van der Waals surface area contributed by atoms with Crippen molar-refractivity contribution < 1.29 is 0 Å². The molecule has 114 valence electrons. The van der Waals surface area contributed by atoms with Crippen LogP contribution in [0.2, 0.25) is 0 Å². The molecule has 0 saturated carbocycles. The number of fused-ring (bicyclic) bond motifs is 5. The van der Waals surface area contributed by atoms with Crippen molar-refractivity contribution in [3.05, 3.63) is 39.7 Å². The molecule has 1 aliphatic carbocycles. The SMILES string of the molecule is S=c1[nH]nc2c3c4c(sc3nc(-c3ccncc3)n12)CCCC4. The van der Waals surface area contributed by atoms with E-state index in [4.69, 9.17) is 17.2 Å². The van der Waals surface area contributed by atoms with Crippen molar-refractivity contribution in [1.82, 2.24) is 24.6 Å². The number of hydrogen-bond donors (Lipinski definition) is 1. The van der Waals surface area contributed by atoms with Crippen molar-refractivity contribution in [2.45, 2.75) is 25.7 Å². The average Bonchev–Trinajstić information content (AvgIpc) is 3.15. The second-order valence-corrected chi connectivity index (χ2v) is 7.22. The van der Waals surface area contributed by atoms with Gasteiger partial charge in [-0.3, -0.25) is 14.5 Å². The van der Waals surface area contributed by atoms with E-state index in [1.807, 2.05) is 16.5 Å². The number of rotatable bonds is 1. The first-order chi connectivity index (χ1) is 11.3. The van der Waals surface area contributed by atoms with Crippen LogP contribution in [-0.2, 0) is 12.8 Å². The van der Waals surface area contributed by atoms with Crippen LogP contribution < -0.4 is 0 Å². The fourth-order valence-corrected chi connectivity index (χ4v) is 4.84. The van der Waals surface area contributed by atoms with Crippen molar-refractivity contribution in [2.24, 2.45) is 0 Å². The number of aromatic amines is 1. The Morgan fingerprint density at radius 3 is 2.87 bits per heavy atom. The Hall–Kier alpha value is -2.12. The van der Waals surface area contributed by atoms with Crippen molar-refractivity contribution in [3.63, 3.8) is 0 Å². The number of thiophene rings is 1. The Kier molecular flexibility index (Phi) is 2.86. The highest BCUT2D eigenvalue weighted by Gasteiger charge is 2.22. The number of nitrogens with one attached hydrogen (secondary N) is 1. The van der Waals surface area contributed by atoms with Gasteiger partial charge < -0.3 is 0 Å². The monoisotopic (exact) mass is 339 g/mol. The smallest absolute Gasteiger partial charge is 0.201 e. The molecule has 1 N–H and O–H groups in total. The predicted molar refractivity (Wildman–Crippen MR) is 93.4 cm³/mol. The van der Waals surface area contributed by atoms with Gasteiger partial charge in [0.25, 0.3) is 0 Å². The van der Waals surface area contributed by atoms with E-state index in [2.05, 4.69) is 15.2 Å². The summed E-state index contributed by atoms with van der Waals surface area (Å²) in [5.41, 5.74) is 3.31. The van der Waals surface area contributed by atoms with E-state index in [0.29, 0.717) is 4.77 Å². The molecule has 0 radical (unpaired) electrons. The lowest BCUT2D eigenvalue weighted by Gasteiger charge is -2.10. The molecule has 0 amide bonds. The lowest BCUT2D eigenvalue weighted by Crippen LogP contribution is -2.00. The van der Waals surface area contributed by atoms with Crippen LogP contribution in [0.25, 0.3) is 27.3 Å². The Labute approximate surface area is 141 Å². The third-order valence-corrected chi connectivity index (χ3v) is 5.87. The fraction of sp³-hybridized carbons (Fsp3) is 0.250. The maximum absolute atomic E-state index is 5.46. The first-order valence-corrected chi connectivity index (χ1v) is 8.87. The molecular formula is C16H13N5S2. The Morgan fingerprint density at radius 2 is 2.00 bits per heavy atom. The minimum atomic E-state index is 0.581. The summed E-state index contributed by atoms with van der Waals surface area (Å²) in [5.74, 6) is 0.826. The number of pyridine rings is 1. The van der Waals surface area contributed by atoms with E-state index in [1.165, 1.54) is 28.7 Å². The second-order valence-electron chi connectivity index (χ2n) is 5.75. The highest BCUT2D eigenvalue weighted by Crippen LogP contribution is 2.38. The van der Waals surface area contributed by atoms with Gasteiger partial charge in [-0.25, -0.2) is 4.98 Å². The molecule has 4 aromatic heterocycles. The molecule has 4 heterocycles. The second kappa shape index (κ2) is 4.94. The van der Waals surface area contributed by atoms with Gasteiger partial charge in [-0.2, -0.15) is 5.10 Å². The van der Waals surface area contributed by atoms with Crippen LogP contribution >= 0.6 is 23.6 Å². The van der Waals surface area contributed by atoms with Crippen LogP contribution in [0.5, 0.6) is 0 Å². The van der Waals surface area contributed by atoms with Gasteiger partial charge in [0, 0.05) is 22.8 Å². The quantitative estimate of drug-likeness (QED) is 0.534. The zero-order valence-electron chi connectivity index (χ0n) is 12.2. The van der Waals surface area contributed by atoms with E-state index >= 15 is 0 Å². The Morgan fingerprint density at radius 1 is 1.17 bits per heavy atom. The van der Waals surface area contributed by atoms with Gasteiger partial charge in [-0.15, -0.1) is 11.3 Å². The minimum Gasteiger partial charge on any atom is -0.265 e. The van der Waals surface area contributed by atoms with Crippen LogP contribution in [0.4, 0.5) is 0 Å². The fourth-order valence-electron chi connectivity index (χ4n) is 3.36. The molecule has 0 unspecified atom stereocenters. The highest BCUT2D eigenvalue weighted by molar-refractivity contribution is 7.71. The molecule has 0 bridgehead atoms. The number of aromatic nitrogens is 5. The summed E-state index contributed by atoms with van der Waals surface area (Å²) in [6.45, 7) is 0. The summed E-state index contributed by atoms with van der Waals surface area (Å²) in [7, 11) is 0. The molecule has 7 heteroatoms. The highest BCUT2D eigenvalue weighted by atomic mass is 32.1. The molecule has 23 heavy (non-hydrogen) atoms. The number of H-pyrrole nitrogens is 1. The first kappa shape index (κ1) is 13.3. The van der Waals surface area contributed by atoms with Crippen LogP contribution in [0.15, 0.2) is 24.5 Å². The molecule has 5 nitrogen and oxygen atoms in total. The third-order valence-electron chi connectivity index (χ3n) is 4.41. The maximum atomic E-state index is 5.46. The van der Waals surface area contributed by atoms with Crippen molar-refractivity contribution in [3.8, 4) is 11.4 Å². The number of hydrogen-bond acceptors (Lipinski definition) is 5. The number of nitrogens with zero attached hydrogens (tertiary/aromatic N) is 4. The molecule has 1 aliphatic rings. The van der Waals surface area contributed by atoms with E-state index in [-0.39, 0.29) is 0 Å². The Bertz CT molecular complexity index is 1090. The summed E-state index contributed by atoms with van der Waals surface area (Å²) in [5, 5.41) is 8.63. The summed E-state index contributed by atoms with van der Waals surface area (Å²) in [6, 6.07) is 3.91. The molecule has 0 fully saturated rings. The molecule has 0 aromatic carbocycles. The summed E-state index contributed by atoms with van der Waals surface area (Å²) >= 11 is 7.26.